The summed E-state index contributed by atoms with van der Waals surface area (Å²) in [5.74, 6) is 5.56. The number of nitrogens with one attached hydrogen (secondary N) is 1. The third-order valence-electron chi connectivity index (χ3n) is 2.68. The molecule has 1 rings (SSSR count). The Morgan fingerprint density at radius 2 is 2.27 bits per heavy atom. The SMILES string of the molecule is CS(=O)(=O)CCC(NN)C1CCCCO1. The number of rotatable bonds is 5. The van der Waals surface area contributed by atoms with Crippen LogP contribution in [-0.2, 0) is 14.6 Å². The summed E-state index contributed by atoms with van der Waals surface area (Å²) in [5.41, 5.74) is 2.65. The van der Waals surface area contributed by atoms with Crippen LogP contribution in [0.15, 0.2) is 0 Å². The zero-order chi connectivity index (χ0) is 11.3. The van der Waals surface area contributed by atoms with Crippen LogP contribution in [-0.4, -0.2) is 39.2 Å². The minimum atomic E-state index is -2.92. The quantitative estimate of drug-likeness (QED) is 0.511. The highest BCUT2D eigenvalue weighted by atomic mass is 32.2. The summed E-state index contributed by atoms with van der Waals surface area (Å²) in [4.78, 5) is 0. The second-order valence-electron chi connectivity index (χ2n) is 4.10. The molecule has 0 aromatic carbocycles. The van der Waals surface area contributed by atoms with E-state index in [0.717, 1.165) is 25.9 Å². The number of ether oxygens (including phenoxy) is 1. The molecule has 1 heterocycles. The standard InChI is InChI=1S/C9H20N2O3S/c1-15(12,13)7-5-8(11-10)9-4-2-3-6-14-9/h8-9,11H,2-7,10H2,1H3. The lowest BCUT2D eigenvalue weighted by molar-refractivity contribution is -0.00809. The van der Waals surface area contributed by atoms with E-state index in [9.17, 15) is 8.42 Å². The van der Waals surface area contributed by atoms with Gasteiger partial charge in [-0.1, -0.05) is 0 Å². The Morgan fingerprint density at radius 1 is 1.53 bits per heavy atom. The lowest BCUT2D eigenvalue weighted by atomic mass is 10.0. The van der Waals surface area contributed by atoms with E-state index in [1.165, 1.54) is 6.26 Å². The second-order valence-corrected chi connectivity index (χ2v) is 6.36. The molecule has 5 nitrogen and oxygen atoms in total. The number of nitrogens with two attached hydrogens (primary N) is 1. The molecule has 15 heavy (non-hydrogen) atoms. The van der Waals surface area contributed by atoms with Crippen LogP contribution in [0.3, 0.4) is 0 Å². The maximum absolute atomic E-state index is 11.0. The summed E-state index contributed by atoms with van der Waals surface area (Å²) in [6.45, 7) is 0.752. The van der Waals surface area contributed by atoms with Crippen LogP contribution in [0.25, 0.3) is 0 Å². The number of sulfone groups is 1. The van der Waals surface area contributed by atoms with Crippen molar-refractivity contribution in [3.63, 3.8) is 0 Å². The predicted molar refractivity (Wildman–Crippen MR) is 59.0 cm³/mol. The van der Waals surface area contributed by atoms with E-state index < -0.39 is 9.84 Å². The van der Waals surface area contributed by atoms with Gasteiger partial charge in [0.05, 0.1) is 11.9 Å². The summed E-state index contributed by atoms with van der Waals surface area (Å²) in [6.07, 6.45) is 4.98. The van der Waals surface area contributed by atoms with Crippen LogP contribution >= 0.6 is 0 Å². The highest BCUT2D eigenvalue weighted by Gasteiger charge is 2.24. The molecule has 0 bridgehead atoms. The molecular formula is C9H20N2O3S. The van der Waals surface area contributed by atoms with Gasteiger partial charge in [-0.05, 0) is 25.7 Å². The van der Waals surface area contributed by atoms with Gasteiger partial charge >= 0.3 is 0 Å². The Labute approximate surface area is 91.3 Å². The van der Waals surface area contributed by atoms with Crippen molar-refractivity contribution in [2.24, 2.45) is 5.84 Å². The largest absolute Gasteiger partial charge is 0.377 e. The first kappa shape index (κ1) is 12.9. The molecule has 1 saturated heterocycles. The molecule has 0 amide bonds. The van der Waals surface area contributed by atoms with Crippen molar-refractivity contribution in [1.82, 2.24) is 5.43 Å². The first-order valence-corrected chi connectivity index (χ1v) is 7.34. The summed E-state index contributed by atoms with van der Waals surface area (Å²) in [5, 5.41) is 0. The van der Waals surface area contributed by atoms with Gasteiger partial charge in [-0.15, -0.1) is 0 Å². The molecule has 1 aliphatic rings. The van der Waals surface area contributed by atoms with Crippen molar-refractivity contribution >= 4 is 9.84 Å². The van der Waals surface area contributed by atoms with Gasteiger partial charge in [0.1, 0.15) is 9.84 Å². The second kappa shape index (κ2) is 5.79. The molecule has 90 valence electrons. The minimum Gasteiger partial charge on any atom is -0.377 e. The van der Waals surface area contributed by atoms with Gasteiger partial charge in [-0.25, -0.2) is 8.42 Å². The Balaban J connectivity index is 2.40. The van der Waals surface area contributed by atoms with Crippen molar-refractivity contribution in [2.45, 2.75) is 37.8 Å². The van der Waals surface area contributed by atoms with Crippen LogP contribution in [0.1, 0.15) is 25.7 Å². The van der Waals surface area contributed by atoms with Crippen molar-refractivity contribution in [2.75, 3.05) is 18.6 Å². The molecule has 1 aliphatic heterocycles. The van der Waals surface area contributed by atoms with Crippen molar-refractivity contribution in [3.8, 4) is 0 Å². The van der Waals surface area contributed by atoms with E-state index >= 15 is 0 Å². The first-order chi connectivity index (χ1) is 7.03. The average Bonchev–Trinajstić information content (AvgIpc) is 2.19. The Morgan fingerprint density at radius 3 is 2.73 bits per heavy atom. The van der Waals surface area contributed by atoms with Crippen molar-refractivity contribution in [3.05, 3.63) is 0 Å². The van der Waals surface area contributed by atoms with Gasteiger partial charge in [0.15, 0.2) is 0 Å². The summed E-state index contributed by atoms with van der Waals surface area (Å²) >= 11 is 0. The van der Waals surface area contributed by atoms with Crippen LogP contribution in [0.5, 0.6) is 0 Å². The van der Waals surface area contributed by atoms with Gasteiger partial charge in [0, 0.05) is 18.9 Å². The summed E-state index contributed by atoms with van der Waals surface area (Å²) in [6, 6.07) is -0.0555. The highest BCUT2D eigenvalue weighted by molar-refractivity contribution is 7.90. The Kier molecular flexibility index (Phi) is 4.98. The predicted octanol–water partition coefficient (Wildman–Crippen LogP) is -0.178. The van der Waals surface area contributed by atoms with E-state index in [0.29, 0.717) is 6.42 Å². The minimum absolute atomic E-state index is 0.0555. The third-order valence-corrected chi connectivity index (χ3v) is 3.65. The lowest BCUT2D eigenvalue weighted by Crippen LogP contribution is -2.47. The van der Waals surface area contributed by atoms with E-state index in [1.54, 1.807) is 0 Å². The number of hydrazine groups is 1. The summed E-state index contributed by atoms with van der Waals surface area (Å²) in [7, 11) is -2.92. The molecule has 2 unspecified atom stereocenters. The molecule has 2 atom stereocenters. The zero-order valence-corrected chi connectivity index (χ0v) is 9.92. The molecule has 1 fully saturated rings. The molecule has 0 radical (unpaired) electrons. The Bertz CT molecular complexity index is 273. The third kappa shape index (κ3) is 4.92. The smallest absolute Gasteiger partial charge is 0.147 e. The van der Waals surface area contributed by atoms with Crippen LogP contribution in [0.4, 0.5) is 0 Å². The van der Waals surface area contributed by atoms with Crippen LogP contribution in [0.2, 0.25) is 0 Å². The lowest BCUT2D eigenvalue weighted by Gasteiger charge is -2.29. The first-order valence-electron chi connectivity index (χ1n) is 5.28. The van der Waals surface area contributed by atoms with E-state index in [1.807, 2.05) is 0 Å². The van der Waals surface area contributed by atoms with Gasteiger partial charge < -0.3 is 4.74 Å². The van der Waals surface area contributed by atoms with Gasteiger partial charge in [-0.2, -0.15) is 0 Å². The molecule has 6 heteroatoms. The number of hydrogen-bond donors (Lipinski definition) is 2. The summed E-state index contributed by atoms with van der Waals surface area (Å²) < 4.78 is 27.6. The maximum Gasteiger partial charge on any atom is 0.147 e. The van der Waals surface area contributed by atoms with Gasteiger partial charge in [0.2, 0.25) is 0 Å². The molecule has 0 saturated carbocycles. The van der Waals surface area contributed by atoms with Gasteiger partial charge in [0.25, 0.3) is 0 Å². The molecule has 0 aromatic heterocycles. The van der Waals surface area contributed by atoms with E-state index in [4.69, 9.17) is 10.6 Å². The molecule has 0 aliphatic carbocycles. The van der Waals surface area contributed by atoms with Crippen molar-refractivity contribution in [1.29, 1.82) is 0 Å². The van der Waals surface area contributed by atoms with Gasteiger partial charge in [-0.3, -0.25) is 11.3 Å². The zero-order valence-electron chi connectivity index (χ0n) is 9.11. The molecule has 0 aromatic rings. The van der Waals surface area contributed by atoms with E-state index in [-0.39, 0.29) is 17.9 Å². The molecular weight excluding hydrogens is 216 g/mol. The fourth-order valence-electron chi connectivity index (χ4n) is 1.80. The van der Waals surface area contributed by atoms with Crippen molar-refractivity contribution < 1.29 is 13.2 Å². The fraction of sp³-hybridized carbons (Fsp3) is 1.00. The normalized spacial score (nSPS) is 25.1. The van der Waals surface area contributed by atoms with Crippen LogP contribution in [0, 0.1) is 0 Å². The highest BCUT2D eigenvalue weighted by Crippen LogP contribution is 2.17. The Hall–Kier alpha value is -0.170. The fourth-order valence-corrected chi connectivity index (χ4v) is 2.48. The number of hydrogen-bond acceptors (Lipinski definition) is 5. The molecule has 0 spiro atoms. The topological polar surface area (TPSA) is 81.4 Å². The van der Waals surface area contributed by atoms with Crippen LogP contribution < -0.4 is 11.3 Å². The monoisotopic (exact) mass is 236 g/mol. The maximum atomic E-state index is 11.0. The van der Waals surface area contributed by atoms with E-state index in [2.05, 4.69) is 5.43 Å². The average molecular weight is 236 g/mol. The molecule has 3 N–H and O–H groups in total.